The molecular weight excluding hydrogens is 311 g/mol. The fourth-order valence-electron chi connectivity index (χ4n) is 2.56. The summed E-state index contributed by atoms with van der Waals surface area (Å²) in [6.45, 7) is 3.33. The fourth-order valence-corrected chi connectivity index (χ4v) is 3.52. The number of halogens is 1. The van der Waals surface area contributed by atoms with Crippen LogP contribution in [0.1, 0.15) is 17.5 Å². The third kappa shape index (κ3) is 3.58. The Balaban J connectivity index is 1.67. The summed E-state index contributed by atoms with van der Waals surface area (Å²) >= 11 is 1.49. The van der Waals surface area contributed by atoms with Crippen molar-refractivity contribution in [3.8, 4) is 0 Å². The van der Waals surface area contributed by atoms with Crippen LogP contribution in [-0.2, 0) is 12.0 Å². The van der Waals surface area contributed by atoms with E-state index in [1.54, 1.807) is 6.07 Å². The first-order valence-electron chi connectivity index (χ1n) is 7.53. The van der Waals surface area contributed by atoms with Gasteiger partial charge in [-0.3, -0.25) is 0 Å². The zero-order valence-electron chi connectivity index (χ0n) is 12.9. The Morgan fingerprint density at radius 3 is 2.74 bits per heavy atom. The molecule has 0 radical (unpaired) electrons. The fraction of sp³-hybridized carbons (Fsp3) is 0.278. The number of hydrogen-bond acceptors (Lipinski definition) is 4. The minimum absolute atomic E-state index is 0.0646. The molecule has 0 amide bonds. The highest BCUT2D eigenvalue weighted by atomic mass is 32.1. The average Bonchev–Trinajstić information content (AvgIpc) is 2.97. The summed E-state index contributed by atoms with van der Waals surface area (Å²) in [5, 5.41) is 14.1. The highest BCUT2D eigenvalue weighted by molar-refractivity contribution is 7.18. The van der Waals surface area contributed by atoms with Crippen molar-refractivity contribution >= 4 is 21.6 Å². The summed E-state index contributed by atoms with van der Waals surface area (Å²) in [5.41, 5.74) is 1.58. The lowest BCUT2D eigenvalue weighted by Gasteiger charge is -2.28. The summed E-state index contributed by atoms with van der Waals surface area (Å²) in [6.07, 6.45) is 0. The lowest BCUT2D eigenvalue weighted by atomic mass is 9.83. The third-order valence-electron chi connectivity index (χ3n) is 4.01. The van der Waals surface area contributed by atoms with Crippen molar-refractivity contribution < 1.29 is 9.50 Å². The molecule has 1 heterocycles. The van der Waals surface area contributed by atoms with E-state index in [1.807, 2.05) is 37.3 Å². The number of aliphatic hydroxyl groups excluding tert-OH is 1. The Hall–Kier alpha value is -1.82. The van der Waals surface area contributed by atoms with Crippen LogP contribution in [0.15, 0.2) is 48.5 Å². The molecule has 2 aromatic carbocycles. The minimum Gasteiger partial charge on any atom is -0.395 e. The van der Waals surface area contributed by atoms with Gasteiger partial charge in [0, 0.05) is 18.5 Å². The molecule has 0 saturated heterocycles. The number of rotatable bonds is 6. The number of nitrogens with one attached hydrogen (secondary N) is 1. The van der Waals surface area contributed by atoms with E-state index < -0.39 is 0 Å². The van der Waals surface area contributed by atoms with Gasteiger partial charge < -0.3 is 10.4 Å². The Labute approximate surface area is 138 Å². The normalized spacial score (nSPS) is 14.0. The van der Waals surface area contributed by atoms with Gasteiger partial charge >= 0.3 is 0 Å². The standard InChI is InChI=1S/C18H19FN2OS/c1-18(12-22,13-5-3-2-4-6-13)11-20-10-17-21-15-8-7-14(19)9-16(15)23-17/h2-9,20,22H,10-12H2,1H3. The van der Waals surface area contributed by atoms with Gasteiger partial charge in [0.15, 0.2) is 0 Å². The summed E-state index contributed by atoms with van der Waals surface area (Å²) in [6, 6.07) is 14.6. The van der Waals surface area contributed by atoms with Gasteiger partial charge in [0.1, 0.15) is 10.8 Å². The summed E-state index contributed by atoms with van der Waals surface area (Å²) in [7, 11) is 0. The van der Waals surface area contributed by atoms with Crippen molar-refractivity contribution in [2.24, 2.45) is 0 Å². The number of aliphatic hydroxyl groups is 1. The number of benzene rings is 2. The van der Waals surface area contributed by atoms with Gasteiger partial charge in [0.2, 0.25) is 0 Å². The van der Waals surface area contributed by atoms with Crippen LogP contribution in [0, 0.1) is 5.82 Å². The zero-order chi connectivity index (χ0) is 16.3. The smallest absolute Gasteiger partial charge is 0.124 e. The SMILES string of the molecule is CC(CO)(CNCc1nc2ccc(F)cc2s1)c1ccccc1. The molecule has 2 N–H and O–H groups in total. The molecule has 0 aliphatic carbocycles. The van der Waals surface area contributed by atoms with Crippen LogP contribution < -0.4 is 5.32 Å². The maximum absolute atomic E-state index is 13.2. The first kappa shape index (κ1) is 16.1. The number of fused-ring (bicyclic) bond motifs is 1. The van der Waals surface area contributed by atoms with E-state index in [4.69, 9.17) is 0 Å². The van der Waals surface area contributed by atoms with E-state index in [0.29, 0.717) is 13.1 Å². The van der Waals surface area contributed by atoms with Crippen LogP contribution in [-0.4, -0.2) is 23.2 Å². The van der Waals surface area contributed by atoms with E-state index in [9.17, 15) is 9.50 Å². The predicted octanol–water partition coefficient (Wildman–Crippen LogP) is 3.48. The van der Waals surface area contributed by atoms with E-state index in [0.717, 1.165) is 20.8 Å². The Morgan fingerprint density at radius 1 is 1.22 bits per heavy atom. The molecule has 0 aliphatic heterocycles. The number of aromatic nitrogens is 1. The molecule has 1 atom stereocenters. The number of nitrogens with zero attached hydrogens (tertiary/aromatic N) is 1. The van der Waals surface area contributed by atoms with Crippen molar-refractivity contribution in [2.45, 2.75) is 18.9 Å². The first-order chi connectivity index (χ1) is 11.1. The Bertz CT molecular complexity index is 790. The molecular formula is C18H19FN2OS. The zero-order valence-corrected chi connectivity index (χ0v) is 13.7. The lowest BCUT2D eigenvalue weighted by molar-refractivity contribution is 0.201. The molecule has 3 nitrogen and oxygen atoms in total. The minimum atomic E-state index is -0.343. The second-order valence-corrected chi connectivity index (χ2v) is 7.02. The van der Waals surface area contributed by atoms with Crippen molar-refractivity contribution in [1.29, 1.82) is 0 Å². The highest BCUT2D eigenvalue weighted by Crippen LogP contribution is 2.24. The van der Waals surface area contributed by atoms with Crippen molar-refractivity contribution in [1.82, 2.24) is 10.3 Å². The van der Waals surface area contributed by atoms with Crippen LogP contribution in [0.4, 0.5) is 4.39 Å². The highest BCUT2D eigenvalue weighted by Gasteiger charge is 2.25. The van der Waals surface area contributed by atoms with Gasteiger partial charge in [-0.05, 0) is 23.8 Å². The Morgan fingerprint density at radius 2 is 2.00 bits per heavy atom. The van der Waals surface area contributed by atoms with Gasteiger partial charge in [-0.2, -0.15) is 0 Å². The van der Waals surface area contributed by atoms with Gasteiger partial charge in [-0.25, -0.2) is 9.37 Å². The first-order valence-corrected chi connectivity index (χ1v) is 8.34. The van der Waals surface area contributed by atoms with Gasteiger partial charge in [-0.1, -0.05) is 37.3 Å². The second kappa shape index (κ2) is 6.74. The molecule has 1 aromatic heterocycles. The molecule has 0 spiro atoms. The molecule has 5 heteroatoms. The van der Waals surface area contributed by atoms with E-state index in [1.165, 1.54) is 23.5 Å². The maximum Gasteiger partial charge on any atom is 0.124 e. The van der Waals surface area contributed by atoms with E-state index >= 15 is 0 Å². The third-order valence-corrected chi connectivity index (χ3v) is 5.02. The molecule has 0 bridgehead atoms. The molecule has 1 unspecified atom stereocenters. The average molecular weight is 330 g/mol. The monoisotopic (exact) mass is 330 g/mol. The van der Waals surface area contributed by atoms with Crippen molar-refractivity contribution in [3.05, 3.63) is 64.9 Å². The number of hydrogen-bond donors (Lipinski definition) is 2. The maximum atomic E-state index is 13.2. The summed E-state index contributed by atoms with van der Waals surface area (Å²) < 4.78 is 14.1. The van der Waals surface area contributed by atoms with Crippen molar-refractivity contribution in [2.75, 3.05) is 13.2 Å². The van der Waals surface area contributed by atoms with Crippen LogP contribution in [0.5, 0.6) is 0 Å². The molecule has 3 aromatic rings. The Kier molecular flexibility index (Phi) is 4.71. The van der Waals surface area contributed by atoms with Crippen LogP contribution in [0.2, 0.25) is 0 Å². The second-order valence-electron chi connectivity index (χ2n) is 5.91. The molecule has 0 fully saturated rings. The largest absolute Gasteiger partial charge is 0.395 e. The molecule has 120 valence electrons. The van der Waals surface area contributed by atoms with Crippen LogP contribution in [0.3, 0.4) is 0 Å². The topological polar surface area (TPSA) is 45.1 Å². The lowest BCUT2D eigenvalue weighted by Crippen LogP contribution is -2.38. The summed E-state index contributed by atoms with van der Waals surface area (Å²) in [5.74, 6) is -0.238. The summed E-state index contributed by atoms with van der Waals surface area (Å²) in [4.78, 5) is 4.50. The van der Waals surface area contributed by atoms with Gasteiger partial charge in [0.25, 0.3) is 0 Å². The molecule has 0 aliphatic rings. The molecule has 23 heavy (non-hydrogen) atoms. The quantitative estimate of drug-likeness (QED) is 0.727. The van der Waals surface area contributed by atoms with Crippen molar-refractivity contribution in [3.63, 3.8) is 0 Å². The number of thiazole rings is 1. The predicted molar refractivity (Wildman–Crippen MR) is 92.2 cm³/mol. The van der Waals surface area contributed by atoms with Gasteiger partial charge in [0.05, 0.1) is 16.8 Å². The van der Waals surface area contributed by atoms with Crippen LogP contribution in [0.25, 0.3) is 10.2 Å². The van der Waals surface area contributed by atoms with Crippen LogP contribution >= 0.6 is 11.3 Å². The van der Waals surface area contributed by atoms with E-state index in [-0.39, 0.29) is 17.8 Å². The molecule has 0 saturated carbocycles. The van der Waals surface area contributed by atoms with E-state index in [2.05, 4.69) is 10.3 Å². The molecule has 3 rings (SSSR count). The van der Waals surface area contributed by atoms with Gasteiger partial charge in [-0.15, -0.1) is 11.3 Å².